The number of hydrogen-bond acceptors (Lipinski definition) is 7. The van der Waals surface area contributed by atoms with E-state index >= 15 is 0 Å². The normalized spacial score (nSPS) is 9.12. The van der Waals surface area contributed by atoms with Crippen molar-refractivity contribution in [3.8, 4) is 11.5 Å². The maximum Gasteiger partial charge on any atom is 0.631 e. The van der Waals surface area contributed by atoms with Crippen LogP contribution in [0, 0.1) is 13.8 Å². The summed E-state index contributed by atoms with van der Waals surface area (Å²) in [6, 6.07) is 9.23. The van der Waals surface area contributed by atoms with Crippen molar-refractivity contribution in [3.63, 3.8) is 0 Å². The average molecular weight is 366 g/mol. The maximum absolute atomic E-state index is 10.4. The zero-order chi connectivity index (χ0) is 20.4. The van der Waals surface area contributed by atoms with Crippen LogP contribution < -0.4 is 0 Å². The molecule has 0 spiro atoms. The number of carboxylic acid groups (broad SMARTS) is 2. The van der Waals surface area contributed by atoms with E-state index in [9.17, 15) is 19.8 Å². The topological polar surface area (TPSA) is 176 Å². The van der Waals surface area contributed by atoms with Crippen LogP contribution in [0.4, 0.5) is 0 Å². The highest BCUT2D eigenvalue weighted by atomic mass is 16.5. The molecule has 0 heterocycles. The Balaban J connectivity index is 0.000000401. The summed E-state index contributed by atoms with van der Waals surface area (Å²) in [5.74, 6) is -2.52. The molecule has 7 N–H and O–H groups in total. The lowest BCUT2D eigenvalue weighted by atomic mass is 10.1. The van der Waals surface area contributed by atoms with Gasteiger partial charge in [-0.3, -0.25) is 0 Å². The van der Waals surface area contributed by atoms with Gasteiger partial charge in [-0.25, -0.2) is 9.59 Å². The summed E-state index contributed by atoms with van der Waals surface area (Å²) in [7, 11) is -2.17. The first kappa shape index (κ1) is 22.9. The summed E-state index contributed by atoms with van der Waals surface area (Å²) in [5, 5.41) is 56.9. The SMILES string of the molecule is Cc1cccc(C(=O)O)c1O.Cc1cccc(C(=O)O)c1O.OB(O)O. The minimum absolute atomic E-state index is 0.0509. The minimum Gasteiger partial charge on any atom is -0.507 e. The van der Waals surface area contributed by atoms with Gasteiger partial charge in [-0.15, -0.1) is 0 Å². The van der Waals surface area contributed by atoms with Crippen LogP contribution in [0.25, 0.3) is 0 Å². The number of hydrogen-bond donors (Lipinski definition) is 7. The van der Waals surface area contributed by atoms with Crippen LogP contribution in [0.5, 0.6) is 11.5 Å². The molecule has 0 bridgehead atoms. The molecule has 0 fully saturated rings. The van der Waals surface area contributed by atoms with Gasteiger partial charge < -0.3 is 35.5 Å². The lowest BCUT2D eigenvalue weighted by Gasteiger charge is -2.00. The third-order valence-corrected chi connectivity index (χ3v) is 2.94. The third kappa shape index (κ3) is 7.66. The van der Waals surface area contributed by atoms with E-state index in [4.69, 9.17) is 25.3 Å². The first-order chi connectivity index (χ1) is 12.0. The standard InChI is InChI=1S/2C8H8O3.BH3O3/c2*1-5-3-2-4-6(7(5)9)8(10)11;2-1(3)4/h2*2-4,9H,1H3,(H,10,11);2-4H. The van der Waals surface area contributed by atoms with Crippen LogP contribution in [0.2, 0.25) is 0 Å². The van der Waals surface area contributed by atoms with E-state index in [1.54, 1.807) is 38.1 Å². The molecule has 140 valence electrons. The fourth-order valence-corrected chi connectivity index (χ4v) is 1.66. The Morgan fingerprint density at radius 3 is 1.19 bits per heavy atom. The second-order valence-corrected chi connectivity index (χ2v) is 4.90. The molecule has 0 aliphatic carbocycles. The van der Waals surface area contributed by atoms with Gasteiger partial charge in [-0.05, 0) is 37.1 Å². The van der Waals surface area contributed by atoms with Crippen LogP contribution in [0.3, 0.4) is 0 Å². The summed E-state index contributed by atoms with van der Waals surface area (Å²) in [5.41, 5.74) is 1.05. The molecule has 2 aromatic rings. The van der Waals surface area contributed by atoms with Crippen LogP contribution in [0.15, 0.2) is 36.4 Å². The molecular weight excluding hydrogens is 347 g/mol. The molecule has 0 aliphatic rings. The predicted molar refractivity (Wildman–Crippen MR) is 92.0 cm³/mol. The lowest BCUT2D eigenvalue weighted by molar-refractivity contribution is 0.0682. The van der Waals surface area contributed by atoms with Crippen molar-refractivity contribution in [2.75, 3.05) is 0 Å². The highest BCUT2D eigenvalue weighted by molar-refractivity contribution is 6.30. The Bertz CT molecular complexity index is 695. The molecule has 0 unspecified atom stereocenters. The van der Waals surface area contributed by atoms with E-state index < -0.39 is 19.3 Å². The summed E-state index contributed by atoms with van der Waals surface area (Å²) in [6.45, 7) is 3.31. The van der Waals surface area contributed by atoms with Crippen molar-refractivity contribution >= 4 is 19.3 Å². The summed E-state index contributed by atoms with van der Waals surface area (Å²) in [4.78, 5) is 20.8. The zero-order valence-corrected chi connectivity index (χ0v) is 14.0. The monoisotopic (exact) mass is 366 g/mol. The van der Waals surface area contributed by atoms with E-state index in [0.29, 0.717) is 11.1 Å². The quantitative estimate of drug-likeness (QED) is 0.378. The lowest BCUT2D eigenvalue weighted by Crippen LogP contribution is -2.07. The number of aromatic carboxylic acids is 2. The number of aryl methyl sites for hydroxylation is 2. The average Bonchev–Trinajstić information content (AvgIpc) is 2.52. The van der Waals surface area contributed by atoms with Crippen molar-refractivity contribution in [2.24, 2.45) is 0 Å². The first-order valence-corrected chi connectivity index (χ1v) is 7.07. The molecular formula is C16H19BO9. The van der Waals surface area contributed by atoms with Crippen LogP contribution in [-0.2, 0) is 0 Å². The Labute approximate surface area is 149 Å². The highest BCUT2D eigenvalue weighted by Gasteiger charge is 2.10. The fourth-order valence-electron chi connectivity index (χ4n) is 1.66. The molecule has 0 aromatic heterocycles. The van der Waals surface area contributed by atoms with Gasteiger partial charge in [0.1, 0.15) is 22.6 Å². The van der Waals surface area contributed by atoms with Crippen molar-refractivity contribution in [1.29, 1.82) is 0 Å². The van der Waals surface area contributed by atoms with Gasteiger partial charge in [0.05, 0.1) is 0 Å². The molecule has 0 atom stereocenters. The molecule has 9 nitrogen and oxygen atoms in total. The van der Waals surface area contributed by atoms with Crippen LogP contribution in [0.1, 0.15) is 31.8 Å². The first-order valence-electron chi connectivity index (χ1n) is 7.07. The maximum atomic E-state index is 10.4. The fraction of sp³-hybridized carbons (Fsp3) is 0.125. The van der Waals surface area contributed by atoms with E-state index in [-0.39, 0.29) is 22.6 Å². The largest absolute Gasteiger partial charge is 0.631 e. The molecule has 2 rings (SSSR count). The van der Waals surface area contributed by atoms with Gasteiger partial charge >= 0.3 is 19.3 Å². The van der Waals surface area contributed by atoms with Crippen LogP contribution >= 0.6 is 0 Å². The minimum atomic E-state index is -2.17. The van der Waals surface area contributed by atoms with Crippen molar-refractivity contribution in [1.82, 2.24) is 0 Å². The summed E-state index contributed by atoms with van der Waals surface area (Å²) < 4.78 is 0. The van der Waals surface area contributed by atoms with E-state index in [2.05, 4.69) is 0 Å². The molecule has 0 amide bonds. The molecule has 0 aliphatic heterocycles. The van der Waals surface area contributed by atoms with Gasteiger partial charge in [-0.1, -0.05) is 24.3 Å². The number of aromatic hydroxyl groups is 2. The zero-order valence-electron chi connectivity index (χ0n) is 14.0. The van der Waals surface area contributed by atoms with Gasteiger partial charge in [0, 0.05) is 0 Å². The second-order valence-electron chi connectivity index (χ2n) is 4.90. The Morgan fingerprint density at radius 2 is 1.00 bits per heavy atom. The number of phenols is 2. The van der Waals surface area contributed by atoms with E-state index in [0.717, 1.165) is 0 Å². The molecule has 0 saturated heterocycles. The van der Waals surface area contributed by atoms with Crippen LogP contribution in [-0.4, -0.2) is 54.8 Å². The third-order valence-electron chi connectivity index (χ3n) is 2.94. The summed E-state index contributed by atoms with van der Waals surface area (Å²) >= 11 is 0. The predicted octanol–water partition coefficient (Wildman–Crippen LogP) is 0.746. The van der Waals surface area contributed by atoms with Gasteiger partial charge in [-0.2, -0.15) is 0 Å². The highest BCUT2D eigenvalue weighted by Crippen LogP contribution is 2.21. The van der Waals surface area contributed by atoms with Gasteiger partial charge in [0.15, 0.2) is 0 Å². The number of carboxylic acids is 2. The number of carbonyl (C=O) groups is 2. The van der Waals surface area contributed by atoms with Crippen molar-refractivity contribution < 1.29 is 45.1 Å². The van der Waals surface area contributed by atoms with Crippen molar-refractivity contribution in [3.05, 3.63) is 58.7 Å². The molecule has 0 radical (unpaired) electrons. The molecule has 26 heavy (non-hydrogen) atoms. The number of benzene rings is 2. The van der Waals surface area contributed by atoms with E-state index in [1.807, 2.05) is 0 Å². The Kier molecular flexibility index (Phi) is 9.45. The van der Waals surface area contributed by atoms with Gasteiger partial charge in [0.2, 0.25) is 0 Å². The smallest absolute Gasteiger partial charge is 0.507 e. The molecule has 0 saturated carbocycles. The van der Waals surface area contributed by atoms with Crippen molar-refractivity contribution in [2.45, 2.75) is 13.8 Å². The molecule has 2 aromatic carbocycles. The Hall–Kier alpha value is -3.08. The van der Waals surface area contributed by atoms with E-state index in [1.165, 1.54) is 12.1 Å². The Morgan fingerprint density at radius 1 is 0.731 bits per heavy atom. The molecule has 10 heteroatoms. The number of rotatable bonds is 2. The number of para-hydroxylation sites is 2. The summed E-state index contributed by atoms with van der Waals surface area (Å²) in [6.07, 6.45) is 0. The van der Waals surface area contributed by atoms with Gasteiger partial charge in [0.25, 0.3) is 0 Å². The second kappa shape index (κ2) is 10.7.